The molecule has 26 heavy (non-hydrogen) atoms. The van der Waals surface area contributed by atoms with Gasteiger partial charge in [0.05, 0.1) is 17.2 Å². The van der Waals surface area contributed by atoms with Gasteiger partial charge in [-0.3, -0.25) is 9.59 Å². The molecule has 134 valence electrons. The van der Waals surface area contributed by atoms with Crippen molar-refractivity contribution in [2.24, 2.45) is 0 Å². The lowest BCUT2D eigenvalue weighted by atomic mass is 10.2. The minimum absolute atomic E-state index is 0.338. The fourth-order valence-corrected chi connectivity index (χ4v) is 3.73. The second-order valence-corrected chi connectivity index (χ2v) is 7.87. The van der Waals surface area contributed by atoms with Crippen molar-refractivity contribution in [3.8, 4) is 5.75 Å². The van der Waals surface area contributed by atoms with Gasteiger partial charge < -0.3 is 4.74 Å². The van der Waals surface area contributed by atoms with Crippen LogP contribution in [0.5, 0.6) is 5.75 Å². The Morgan fingerprint density at radius 1 is 1.19 bits per heavy atom. The van der Waals surface area contributed by atoms with Crippen LogP contribution in [0.15, 0.2) is 51.8 Å². The fourth-order valence-electron chi connectivity index (χ4n) is 2.40. The average Bonchev–Trinajstić information content (AvgIpc) is 2.89. The summed E-state index contributed by atoms with van der Waals surface area (Å²) in [6.45, 7) is 2.60. The van der Waals surface area contributed by atoms with E-state index < -0.39 is 0 Å². The first-order valence-corrected chi connectivity index (χ1v) is 9.94. The molecule has 1 fully saturated rings. The number of amides is 2. The average molecular weight is 453 g/mol. The molecule has 2 amide bonds. The van der Waals surface area contributed by atoms with E-state index in [4.69, 9.17) is 16.3 Å². The summed E-state index contributed by atoms with van der Waals surface area (Å²) in [7, 11) is 0. The molecule has 0 atom stereocenters. The number of rotatable bonds is 5. The maximum atomic E-state index is 12.7. The molecule has 1 heterocycles. The van der Waals surface area contributed by atoms with Crippen LogP contribution in [0.1, 0.15) is 18.9 Å². The lowest BCUT2D eigenvalue weighted by molar-refractivity contribution is -0.113. The first-order chi connectivity index (χ1) is 12.5. The number of carbonyl (C=O) groups excluding carboxylic acids is 2. The summed E-state index contributed by atoms with van der Waals surface area (Å²) in [5, 5.41) is 0.206. The molecule has 4 nitrogen and oxygen atoms in total. The van der Waals surface area contributed by atoms with Gasteiger partial charge in [-0.25, -0.2) is 4.90 Å². The minimum atomic E-state index is -0.358. The monoisotopic (exact) mass is 451 g/mol. The largest absolute Gasteiger partial charge is 0.493 e. The number of thioether (sulfide) groups is 1. The van der Waals surface area contributed by atoms with Crippen molar-refractivity contribution in [2.75, 3.05) is 11.5 Å². The van der Waals surface area contributed by atoms with Crippen LogP contribution < -0.4 is 9.64 Å². The van der Waals surface area contributed by atoms with Gasteiger partial charge in [0.15, 0.2) is 0 Å². The van der Waals surface area contributed by atoms with E-state index in [-0.39, 0.29) is 11.1 Å². The van der Waals surface area contributed by atoms with Gasteiger partial charge in [-0.1, -0.05) is 34.5 Å². The summed E-state index contributed by atoms with van der Waals surface area (Å²) in [5.41, 5.74) is 1.24. The number of carbonyl (C=O) groups is 2. The predicted octanol–water partition coefficient (Wildman–Crippen LogP) is 6.13. The van der Waals surface area contributed by atoms with Crippen LogP contribution in [0.2, 0.25) is 5.02 Å². The predicted molar refractivity (Wildman–Crippen MR) is 110 cm³/mol. The van der Waals surface area contributed by atoms with E-state index >= 15 is 0 Å². The molecule has 2 aromatic rings. The number of ether oxygens (including phenoxy) is 1. The molecule has 0 saturated carbocycles. The molecule has 7 heteroatoms. The second-order valence-electron chi connectivity index (χ2n) is 5.52. The Kier molecular flexibility index (Phi) is 6.06. The maximum absolute atomic E-state index is 12.7. The number of benzene rings is 2. The van der Waals surface area contributed by atoms with Crippen molar-refractivity contribution in [3.05, 3.63) is 62.4 Å². The molecule has 0 aliphatic carbocycles. The molecule has 1 aliphatic heterocycles. The standard InChI is InChI=1S/C19H15BrClNO3S/c1-2-9-25-16-8-3-13(20)10-12(16)11-17-18(23)22(19(24)26-17)15-6-4-14(21)5-7-15/h3-8,10-11H,2,9H2,1H3/b17-11-. The maximum Gasteiger partial charge on any atom is 0.298 e. The van der Waals surface area contributed by atoms with E-state index in [2.05, 4.69) is 15.9 Å². The van der Waals surface area contributed by atoms with Crippen LogP contribution in [0, 0.1) is 0 Å². The van der Waals surface area contributed by atoms with Gasteiger partial charge >= 0.3 is 0 Å². The zero-order valence-electron chi connectivity index (χ0n) is 13.9. The molecule has 3 rings (SSSR count). The van der Waals surface area contributed by atoms with Gasteiger partial charge in [-0.2, -0.15) is 0 Å². The van der Waals surface area contributed by atoms with Gasteiger partial charge in [0.25, 0.3) is 11.1 Å². The zero-order valence-corrected chi connectivity index (χ0v) is 17.0. The van der Waals surface area contributed by atoms with Crippen molar-refractivity contribution in [2.45, 2.75) is 13.3 Å². The molecule has 0 aromatic heterocycles. The Balaban J connectivity index is 1.93. The smallest absolute Gasteiger partial charge is 0.298 e. The number of halogens is 2. The van der Waals surface area contributed by atoms with E-state index in [1.807, 2.05) is 25.1 Å². The SMILES string of the molecule is CCCOc1ccc(Br)cc1/C=C1\SC(=O)N(c2ccc(Cl)cc2)C1=O. The number of imide groups is 1. The highest BCUT2D eigenvalue weighted by molar-refractivity contribution is 9.10. The minimum Gasteiger partial charge on any atom is -0.493 e. The quantitative estimate of drug-likeness (QED) is 0.512. The van der Waals surface area contributed by atoms with Crippen molar-refractivity contribution in [1.29, 1.82) is 0 Å². The summed E-state index contributed by atoms with van der Waals surface area (Å²) in [6.07, 6.45) is 2.57. The van der Waals surface area contributed by atoms with Crippen LogP contribution in [-0.2, 0) is 4.79 Å². The van der Waals surface area contributed by atoms with Crippen LogP contribution in [0.3, 0.4) is 0 Å². The summed E-state index contributed by atoms with van der Waals surface area (Å²) in [6, 6.07) is 12.2. The molecular weight excluding hydrogens is 438 g/mol. The number of hydrogen-bond acceptors (Lipinski definition) is 4. The Labute approximate surface area is 169 Å². The molecule has 1 aliphatic rings. The number of hydrogen-bond donors (Lipinski definition) is 0. The highest BCUT2D eigenvalue weighted by Gasteiger charge is 2.36. The second kappa shape index (κ2) is 8.29. The lowest BCUT2D eigenvalue weighted by Crippen LogP contribution is -2.27. The van der Waals surface area contributed by atoms with Crippen LogP contribution in [0.25, 0.3) is 6.08 Å². The molecule has 2 aromatic carbocycles. The van der Waals surface area contributed by atoms with Crippen molar-refractivity contribution >= 4 is 62.2 Å². The number of nitrogens with zero attached hydrogens (tertiary/aromatic N) is 1. The first kappa shape index (κ1) is 19.0. The van der Waals surface area contributed by atoms with E-state index in [0.29, 0.717) is 28.0 Å². The van der Waals surface area contributed by atoms with Crippen molar-refractivity contribution in [1.82, 2.24) is 0 Å². The molecule has 0 radical (unpaired) electrons. The molecule has 0 spiro atoms. The molecule has 1 saturated heterocycles. The van der Waals surface area contributed by atoms with Crippen molar-refractivity contribution < 1.29 is 14.3 Å². The summed E-state index contributed by atoms with van der Waals surface area (Å²) in [4.78, 5) is 26.6. The summed E-state index contributed by atoms with van der Waals surface area (Å²) < 4.78 is 6.60. The Morgan fingerprint density at radius 2 is 1.92 bits per heavy atom. The highest BCUT2D eigenvalue weighted by Crippen LogP contribution is 2.37. The van der Waals surface area contributed by atoms with Crippen LogP contribution >= 0.6 is 39.3 Å². The first-order valence-electron chi connectivity index (χ1n) is 7.95. The summed E-state index contributed by atoms with van der Waals surface area (Å²) in [5.74, 6) is 0.317. The Morgan fingerprint density at radius 3 is 2.62 bits per heavy atom. The van der Waals surface area contributed by atoms with Crippen LogP contribution in [0.4, 0.5) is 10.5 Å². The molecular formula is C19H15BrClNO3S. The molecule has 0 bridgehead atoms. The third kappa shape index (κ3) is 4.14. The van der Waals surface area contributed by atoms with E-state index in [9.17, 15) is 9.59 Å². The fraction of sp³-hybridized carbons (Fsp3) is 0.158. The van der Waals surface area contributed by atoms with Gasteiger partial charge in [0.2, 0.25) is 0 Å². The third-order valence-electron chi connectivity index (χ3n) is 3.60. The van der Waals surface area contributed by atoms with Crippen LogP contribution in [-0.4, -0.2) is 17.8 Å². The Hall–Kier alpha value is -1.76. The van der Waals surface area contributed by atoms with Crippen molar-refractivity contribution in [3.63, 3.8) is 0 Å². The molecule has 0 N–H and O–H groups in total. The highest BCUT2D eigenvalue weighted by atomic mass is 79.9. The number of anilines is 1. The Bertz CT molecular complexity index is 883. The lowest BCUT2D eigenvalue weighted by Gasteiger charge is -2.12. The normalized spacial score (nSPS) is 15.8. The van der Waals surface area contributed by atoms with Gasteiger partial charge in [-0.05, 0) is 66.7 Å². The van der Waals surface area contributed by atoms with E-state index in [1.54, 1.807) is 30.3 Å². The summed E-state index contributed by atoms with van der Waals surface area (Å²) >= 11 is 10.2. The van der Waals surface area contributed by atoms with Gasteiger partial charge in [0.1, 0.15) is 5.75 Å². The molecule has 0 unspecified atom stereocenters. The van der Waals surface area contributed by atoms with E-state index in [1.165, 1.54) is 0 Å². The van der Waals surface area contributed by atoms with Gasteiger partial charge in [-0.15, -0.1) is 0 Å². The van der Waals surface area contributed by atoms with Gasteiger partial charge in [0, 0.05) is 15.1 Å². The van der Waals surface area contributed by atoms with E-state index in [0.717, 1.165) is 33.1 Å². The zero-order chi connectivity index (χ0) is 18.7. The topological polar surface area (TPSA) is 46.6 Å². The third-order valence-corrected chi connectivity index (χ3v) is 5.21.